The van der Waals surface area contributed by atoms with E-state index >= 15 is 0 Å². The molecule has 0 atom stereocenters. The largest absolute Gasteiger partial charge is 0.473 e. The van der Waals surface area contributed by atoms with Crippen molar-refractivity contribution in [2.45, 2.75) is 13.3 Å². The van der Waals surface area contributed by atoms with Gasteiger partial charge in [0.2, 0.25) is 0 Å². The van der Waals surface area contributed by atoms with Crippen molar-refractivity contribution in [1.82, 2.24) is 4.90 Å². The van der Waals surface area contributed by atoms with Crippen molar-refractivity contribution in [3.8, 4) is 6.07 Å². The highest BCUT2D eigenvalue weighted by atomic mass is 32.1. The van der Waals surface area contributed by atoms with E-state index in [0.717, 1.165) is 31.6 Å². The van der Waals surface area contributed by atoms with Crippen LogP contribution in [-0.4, -0.2) is 46.7 Å². The van der Waals surface area contributed by atoms with E-state index in [-0.39, 0.29) is 0 Å². The van der Waals surface area contributed by atoms with E-state index in [4.69, 9.17) is 25.1 Å². The summed E-state index contributed by atoms with van der Waals surface area (Å²) in [4.78, 5) is 20.6. The van der Waals surface area contributed by atoms with Crippen molar-refractivity contribution in [2.24, 2.45) is 0 Å². The van der Waals surface area contributed by atoms with Gasteiger partial charge in [0, 0.05) is 23.2 Å². The molecule has 2 aromatic rings. The number of likely N-dealkylation sites (N-methyl/N-ethyl adjacent to an activating group) is 1. The standard InChI is InChI=1S/C16H16N2S.C2H2O4/c1-2-18-7-5-13(6-8-18)15-11-19-16-4-3-12(10-17)9-14(15)16;3-1(4)2(5)6/h3-5,9,11H,2,6-8H2,1H3;(H,3,4)(H,5,6). The minimum atomic E-state index is -1.82. The van der Waals surface area contributed by atoms with Gasteiger partial charge in [-0.2, -0.15) is 5.26 Å². The second-order valence-electron chi connectivity index (χ2n) is 5.46. The van der Waals surface area contributed by atoms with Crippen molar-refractivity contribution in [2.75, 3.05) is 19.6 Å². The number of carbonyl (C=O) groups is 2. The Kier molecular flexibility index (Phi) is 6.28. The van der Waals surface area contributed by atoms with Crippen LogP contribution in [0.25, 0.3) is 15.7 Å². The smallest absolute Gasteiger partial charge is 0.414 e. The number of aliphatic carboxylic acids is 2. The molecule has 1 aromatic heterocycles. The highest BCUT2D eigenvalue weighted by molar-refractivity contribution is 7.17. The molecule has 0 radical (unpaired) electrons. The van der Waals surface area contributed by atoms with Gasteiger partial charge in [-0.05, 0) is 47.7 Å². The second kappa shape index (κ2) is 8.42. The van der Waals surface area contributed by atoms with Gasteiger partial charge < -0.3 is 10.2 Å². The number of benzene rings is 1. The molecule has 0 saturated heterocycles. The molecule has 0 unspecified atom stereocenters. The molecule has 0 saturated carbocycles. The number of fused-ring (bicyclic) bond motifs is 1. The van der Waals surface area contributed by atoms with Gasteiger partial charge in [0.15, 0.2) is 0 Å². The molecule has 0 aliphatic carbocycles. The maximum atomic E-state index is 9.10. The van der Waals surface area contributed by atoms with Crippen LogP contribution in [0.5, 0.6) is 0 Å². The van der Waals surface area contributed by atoms with Gasteiger partial charge in [-0.15, -0.1) is 11.3 Å². The summed E-state index contributed by atoms with van der Waals surface area (Å²) in [5.41, 5.74) is 3.51. The average Bonchev–Trinajstić information content (AvgIpc) is 3.05. The predicted octanol–water partition coefficient (Wildman–Crippen LogP) is 3.04. The maximum absolute atomic E-state index is 9.10. The maximum Gasteiger partial charge on any atom is 0.414 e. The highest BCUT2D eigenvalue weighted by Gasteiger charge is 2.14. The van der Waals surface area contributed by atoms with Crippen LogP contribution in [0.2, 0.25) is 0 Å². The number of rotatable bonds is 2. The minimum Gasteiger partial charge on any atom is -0.473 e. The van der Waals surface area contributed by atoms with Gasteiger partial charge in [-0.25, -0.2) is 9.59 Å². The summed E-state index contributed by atoms with van der Waals surface area (Å²) in [6.45, 7) is 5.50. The Morgan fingerprint density at radius 2 is 2.04 bits per heavy atom. The molecule has 1 aliphatic rings. The molecule has 0 bridgehead atoms. The van der Waals surface area contributed by atoms with Crippen LogP contribution in [0.15, 0.2) is 29.7 Å². The molecule has 1 aromatic carbocycles. The van der Waals surface area contributed by atoms with Crippen LogP contribution in [0.1, 0.15) is 24.5 Å². The van der Waals surface area contributed by atoms with Gasteiger partial charge in [-0.3, -0.25) is 4.90 Å². The number of thiophene rings is 1. The molecule has 0 amide bonds. The Bertz CT molecular complexity index is 852. The first kappa shape index (κ1) is 18.6. The zero-order valence-corrected chi connectivity index (χ0v) is 14.5. The van der Waals surface area contributed by atoms with Crippen LogP contribution >= 0.6 is 11.3 Å². The molecule has 3 rings (SSSR count). The number of nitriles is 1. The molecule has 2 N–H and O–H groups in total. The topological polar surface area (TPSA) is 102 Å². The molecule has 0 spiro atoms. The number of hydrogen-bond acceptors (Lipinski definition) is 5. The summed E-state index contributed by atoms with van der Waals surface area (Å²) < 4.78 is 1.27. The number of carboxylic acids is 2. The minimum absolute atomic E-state index is 0.749. The summed E-state index contributed by atoms with van der Waals surface area (Å²) in [7, 11) is 0. The van der Waals surface area contributed by atoms with Crippen LogP contribution in [0, 0.1) is 11.3 Å². The van der Waals surface area contributed by atoms with Gasteiger partial charge in [0.25, 0.3) is 0 Å². The number of carboxylic acid groups (broad SMARTS) is 2. The molecule has 130 valence electrons. The molecular formula is C18H18N2O4S. The summed E-state index contributed by atoms with van der Waals surface area (Å²) in [5, 5.41) is 27.3. The van der Waals surface area contributed by atoms with Crippen molar-refractivity contribution in [3.05, 3.63) is 40.8 Å². The van der Waals surface area contributed by atoms with Gasteiger partial charge >= 0.3 is 11.9 Å². The fourth-order valence-corrected chi connectivity index (χ4v) is 3.56. The lowest BCUT2D eigenvalue weighted by Gasteiger charge is -2.24. The Balaban J connectivity index is 0.000000326. The zero-order valence-electron chi connectivity index (χ0n) is 13.7. The van der Waals surface area contributed by atoms with Crippen molar-refractivity contribution in [3.63, 3.8) is 0 Å². The normalized spacial score (nSPS) is 14.2. The van der Waals surface area contributed by atoms with E-state index < -0.39 is 11.9 Å². The first-order chi connectivity index (χ1) is 12.0. The van der Waals surface area contributed by atoms with Crippen molar-refractivity contribution in [1.29, 1.82) is 5.26 Å². The van der Waals surface area contributed by atoms with Crippen molar-refractivity contribution < 1.29 is 19.8 Å². The lowest BCUT2D eigenvalue weighted by Crippen LogP contribution is -2.27. The second-order valence-corrected chi connectivity index (χ2v) is 6.37. The zero-order chi connectivity index (χ0) is 18.4. The molecule has 7 heteroatoms. The molecule has 2 heterocycles. The highest BCUT2D eigenvalue weighted by Crippen LogP contribution is 2.34. The van der Waals surface area contributed by atoms with Crippen LogP contribution in [-0.2, 0) is 9.59 Å². The van der Waals surface area contributed by atoms with E-state index in [2.05, 4.69) is 35.4 Å². The molecule has 1 aliphatic heterocycles. The fraction of sp³-hybridized carbons (Fsp3) is 0.278. The third kappa shape index (κ3) is 4.66. The number of nitrogens with zero attached hydrogens (tertiary/aromatic N) is 2. The molecule has 25 heavy (non-hydrogen) atoms. The summed E-state index contributed by atoms with van der Waals surface area (Å²) in [6.07, 6.45) is 3.45. The van der Waals surface area contributed by atoms with E-state index in [0.29, 0.717) is 0 Å². The Morgan fingerprint density at radius 1 is 1.32 bits per heavy atom. The van der Waals surface area contributed by atoms with E-state index in [9.17, 15) is 0 Å². The van der Waals surface area contributed by atoms with Gasteiger partial charge in [-0.1, -0.05) is 13.0 Å². The van der Waals surface area contributed by atoms with Crippen LogP contribution in [0.4, 0.5) is 0 Å². The van der Waals surface area contributed by atoms with Crippen molar-refractivity contribution >= 4 is 38.9 Å². The Labute approximate surface area is 149 Å². The summed E-state index contributed by atoms with van der Waals surface area (Å²) in [5.74, 6) is -3.65. The van der Waals surface area contributed by atoms with E-state index in [1.807, 2.05) is 12.1 Å². The predicted molar refractivity (Wildman–Crippen MR) is 96.5 cm³/mol. The lowest BCUT2D eigenvalue weighted by molar-refractivity contribution is -0.159. The average molecular weight is 358 g/mol. The Morgan fingerprint density at radius 3 is 2.56 bits per heavy atom. The first-order valence-corrected chi connectivity index (χ1v) is 8.63. The van der Waals surface area contributed by atoms with E-state index in [1.54, 1.807) is 11.3 Å². The van der Waals surface area contributed by atoms with Crippen LogP contribution < -0.4 is 0 Å². The summed E-state index contributed by atoms with van der Waals surface area (Å²) in [6, 6.07) is 8.21. The first-order valence-electron chi connectivity index (χ1n) is 7.75. The van der Waals surface area contributed by atoms with E-state index in [1.165, 1.54) is 21.2 Å². The lowest BCUT2D eigenvalue weighted by atomic mass is 9.98. The molecule has 6 nitrogen and oxygen atoms in total. The Hall–Kier alpha value is -2.69. The van der Waals surface area contributed by atoms with Gasteiger partial charge in [0.05, 0.1) is 11.6 Å². The molecular weight excluding hydrogens is 340 g/mol. The quantitative estimate of drug-likeness (QED) is 0.800. The summed E-state index contributed by atoms with van der Waals surface area (Å²) >= 11 is 1.77. The monoisotopic (exact) mass is 358 g/mol. The molecule has 0 fully saturated rings. The third-order valence-electron chi connectivity index (χ3n) is 3.97. The third-order valence-corrected chi connectivity index (χ3v) is 4.94. The van der Waals surface area contributed by atoms with Crippen LogP contribution in [0.3, 0.4) is 0 Å². The fourth-order valence-electron chi connectivity index (χ4n) is 2.59. The number of hydrogen-bond donors (Lipinski definition) is 2. The van der Waals surface area contributed by atoms with Gasteiger partial charge in [0.1, 0.15) is 0 Å². The SMILES string of the molecule is CCN1CC=C(c2csc3ccc(C#N)cc23)CC1.O=C(O)C(=O)O.